The Bertz CT molecular complexity index is 1360. The fourth-order valence-electron chi connectivity index (χ4n) is 3.43. The Morgan fingerprint density at radius 1 is 1.14 bits per heavy atom. The van der Waals surface area contributed by atoms with Gasteiger partial charge in [-0.05, 0) is 55.8 Å². The summed E-state index contributed by atoms with van der Waals surface area (Å²) in [6, 6.07) is 11.7. The molecule has 9 nitrogen and oxygen atoms in total. The second kappa shape index (κ2) is 12.1. The summed E-state index contributed by atoms with van der Waals surface area (Å²) in [7, 11) is -2.00. The summed E-state index contributed by atoms with van der Waals surface area (Å²) in [5, 5.41) is 2.75. The van der Waals surface area contributed by atoms with Gasteiger partial charge in [-0.15, -0.1) is 0 Å². The van der Waals surface area contributed by atoms with Crippen molar-refractivity contribution >= 4 is 48.9 Å². The molecule has 11 heteroatoms. The predicted molar refractivity (Wildman–Crippen MR) is 135 cm³/mol. The van der Waals surface area contributed by atoms with Crippen LogP contribution in [0.4, 0.5) is 5.69 Å². The van der Waals surface area contributed by atoms with Crippen LogP contribution in [0.3, 0.4) is 0 Å². The molecule has 3 rings (SSSR count). The minimum absolute atomic E-state index is 0.00618. The first-order valence-electron chi connectivity index (χ1n) is 11.2. The second-order valence-electron chi connectivity index (χ2n) is 7.70. The van der Waals surface area contributed by atoms with E-state index in [0.29, 0.717) is 36.0 Å². The highest BCUT2D eigenvalue weighted by Crippen LogP contribution is 2.22. The Labute approximate surface area is 208 Å². The Morgan fingerprint density at radius 3 is 2.54 bits per heavy atom. The lowest BCUT2D eigenvalue weighted by Gasteiger charge is -2.07. The van der Waals surface area contributed by atoms with Gasteiger partial charge in [0.05, 0.1) is 34.6 Å². The molecule has 0 saturated carbocycles. The van der Waals surface area contributed by atoms with Gasteiger partial charge in [-0.1, -0.05) is 11.3 Å². The van der Waals surface area contributed by atoms with E-state index in [9.17, 15) is 18.0 Å². The van der Waals surface area contributed by atoms with Gasteiger partial charge in [0, 0.05) is 32.2 Å². The van der Waals surface area contributed by atoms with Gasteiger partial charge in [0.2, 0.25) is 11.8 Å². The van der Waals surface area contributed by atoms with Gasteiger partial charge in [-0.2, -0.15) is 4.99 Å². The molecule has 0 aliphatic rings. The molecule has 2 amide bonds. The van der Waals surface area contributed by atoms with Crippen LogP contribution in [0, 0.1) is 0 Å². The molecular weight excluding hydrogens is 490 g/mol. The zero-order chi connectivity index (χ0) is 25.4. The van der Waals surface area contributed by atoms with Crippen molar-refractivity contribution in [2.75, 3.05) is 31.4 Å². The SMILES string of the molecule is CCOCCn1c(=NC(=O)CCCS(=O)(=O)c2ccc(OC)cc2)sc2cc(NC(C)=O)ccc21. The van der Waals surface area contributed by atoms with Crippen molar-refractivity contribution in [1.29, 1.82) is 0 Å². The normalized spacial score (nSPS) is 12.1. The summed E-state index contributed by atoms with van der Waals surface area (Å²) in [4.78, 5) is 29.0. The first-order chi connectivity index (χ1) is 16.7. The summed E-state index contributed by atoms with van der Waals surface area (Å²) >= 11 is 1.33. The summed E-state index contributed by atoms with van der Waals surface area (Å²) in [5.74, 6) is -0.149. The number of thiazole rings is 1. The number of hydrogen-bond donors (Lipinski definition) is 1. The molecule has 0 bridgehead atoms. The lowest BCUT2D eigenvalue weighted by molar-refractivity contribution is -0.118. The maximum Gasteiger partial charge on any atom is 0.248 e. The number of benzene rings is 2. The number of carbonyl (C=O) groups is 2. The van der Waals surface area contributed by atoms with Crippen LogP contribution in [0.25, 0.3) is 10.2 Å². The summed E-state index contributed by atoms with van der Waals surface area (Å²) in [6.07, 6.45) is 0.166. The van der Waals surface area contributed by atoms with Crippen LogP contribution >= 0.6 is 11.3 Å². The number of ether oxygens (including phenoxy) is 2. The first kappa shape index (κ1) is 26.6. The van der Waals surface area contributed by atoms with Crippen molar-refractivity contribution in [3.8, 4) is 5.75 Å². The topological polar surface area (TPSA) is 116 Å². The lowest BCUT2D eigenvalue weighted by atomic mass is 10.3. The van der Waals surface area contributed by atoms with Gasteiger partial charge < -0.3 is 19.4 Å². The molecule has 0 spiro atoms. The van der Waals surface area contributed by atoms with Crippen molar-refractivity contribution in [1.82, 2.24) is 4.57 Å². The number of aromatic nitrogens is 1. The van der Waals surface area contributed by atoms with Gasteiger partial charge in [0.15, 0.2) is 14.6 Å². The summed E-state index contributed by atoms with van der Waals surface area (Å²) < 4.78 is 38.4. The monoisotopic (exact) mass is 519 g/mol. The molecule has 0 aliphatic carbocycles. The zero-order valence-corrected chi connectivity index (χ0v) is 21.6. The average molecular weight is 520 g/mol. The predicted octanol–water partition coefficient (Wildman–Crippen LogP) is 3.39. The summed E-state index contributed by atoms with van der Waals surface area (Å²) in [5.41, 5.74) is 1.53. The van der Waals surface area contributed by atoms with E-state index < -0.39 is 15.7 Å². The number of nitrogens with zero attached hydrogens (tertiary/aromatic N) is 2. The van der Waals surface area contributed by atoms with E-state index in [4.69, 9.17) is 9.47 Å². The van der Waals surface area contributed by atoms with E-state index in [1.165, 1.54) is 37.5 Å². The van der Waals surface area contributed by atoms with Gasteiger partial charge in [0.1, 0.15) is 5.75 Å². The smallest absolute Gasteiger partial charge is 0.248 e. The van der Waals surface area contributed by atoms with Crippen LogP contribution in [-0.2, 0) is 30.7 Å². The fraction of sp³-hybridized carbons (Fsp3) is 0.375. The Morgan fingerprint density at radius 2 is 1.89 bits per heavy atom. The maximum absolute atomic E-state index is 12.6. The average Bonchev–Trinajstić information content (AvgIpc) is 3.14. The van der Waals surface area contributed by atoms with Gasteiger partial charge in [-0.25, -0.2) is 8.42 Å². The van der Waals surface area contributed by atoms with Crippen molar-refractivity contribution < 1.29 is 27.5 Å². The minimum Gasteiger partial charge on any atom is -0.497 e. The largest absolute Gasteiger partial charge is 0.497 e. The molecule has 1 N–H and O–H groups in total. The van der Waals surface area contributed by atoms with E-state index >= 15 is 0 Å². The minimum atomic E-state index is -3.52. The summed E-state index contributed by atoms with van der Waals surface area (Å²) in [6.45, 7) is 4.88. The molecule has 0 aliphatic heterocycles. The molecule has 0 unspecified atom stereocenters. The third kappa shape index (κ3) is 7.23. The van der Waals surface area contributed by atoms with Crippen LogP contribution in [0.2, 0.25) is 0 Å². The molecule has 2 aromatic carbocycles. The number of hydrogen-bond acceptors (Lipinski definition) is 7. The van der Waals surface area contributed by atoms with E-state index in [2.05, 4.69) is 10.3 Å². The third-order valence-electron chi connectivity index (χ3n) is 5.11. The molecule has 1 aromatic heterocycles. The molecule has 0 radical (unpaired) electrons. The van der Waals surface area contributed by atoms with Crippen molar-refractivity contribution in [2.45, 2.75) is 38.1 Å². The Balaban J connectivity index is 1.76. The lowest BCUT2D eigenvalue weighted by Crippen LogP contribution is -2.20. The highest BCUT2D eigenvalue weighted by atomic mass is 32.2. The van der Waals surface area contributed by atoms with Crippen molar-refractivity contribution in [3.05, 3.63) is 47.3 Å². The fourth-order valence-corrected chi connectivity index (χ4v) is 5.86. The number of methoxy groups -OCH3 is 1. The van der Waals surface area contributed by atoms with E-state index in [1.807, 2.05) is 23.6 Å². The molecule has 188 valence electrons. The number of carbonyl (C=O) groups excluding carboxylic acids is 2. The van der Waals surface area contributed by atoms with Crippen LogP contribution in [0.5, 0.6) is 5.75 Å². The number of rotatable bonds is 11. The Kier molecular flexibility index (Phi) is 9.19. The molecule has 35 heavy (non-hydrogen) atoms. The first-order valence-corrected chi connectivity index (χ1v) is 13.6. The van der Waals surface area contributed by atoms with Gasteiger partial charge >= 0.3 is 0 Å². The molecule has 0 fully saturated rings. The van der Waals surface area contributed by atoms with Crippen LogP contribution in [0.15, 0.2) is 52.4 Å². The second-order valence-corrected chi connectivity index (χ2v) is 10.8. The number of amides is 2. The number of nitrogens with one attached hydrogen (secondary N) is 1. The van der Waals surface area contributed by atoms with Crippen LogP contribution in [-0.4, -0.2) is 50.9 Å². The van der Waals surface area contributed by atoms with Crippen molar-refractivity contribution in [3.63, 3.8) is 0 Å². The number of fused-ring (bicyclic) bond motifs is 1. The van der Waals surface area contributed by atoms with Gasteiger partial charge in [0.25, 0.3) is 0 Å². The Hall–Kier alpha value is -3.02. The van der Waals surface area contributed by atoms with Gasteiger partial charge in [-0.3, -0.25) is 9.59 Å². The molecular formula is C24H29N3O6S2. The van der Waals surface area contributed by atoms with E-state index in [-0.39, 0.29) is 29.4 Å². The standard InChI is InChI=1S/C24H29N3O6S2/c1-4-33-14-13-27-21-12-7-18(25-17(2)28)16-22(21)34-24(27)26-23(29)6-5-15-35(30,31)20-10-8-19(32-3)9-11-20/h7-12,16H,4-6,13-15H2,1-3H3,(H,25,28). The quantitative estimate of drug-likeness (QED) is 0.388. The van der Waals surface area contributed by atoms with Crippen LogP contribution in [0.1, 0.15) is 26.7 Å². The number of sulfone groups is 1. The highest BCUT2D eigenvalue weighted by molar-refractivity contribution is 7.91. The highest BCUT2D eigenvalue weighted by Gasteiger charge is 2.16. The third-order valence-corrected chi connectivity index (χ3v) is 7.97. The molecule has 0 atom stereocenters. The van der Waals surface area contributed by atoms with E-state index in [1.54, 1.807) is 18.2 Å². The number of anilines is 1. The zero-order valence-electron chi connectivity index (χ0n) is 19.9. The maximum atomic E-state index is 12.6. The van der Waals surface area contributed by atoms with E-state index in [0.717, 1.165) is 10.2 Å². The van der Waals surface area contributed by atoms with Crippen LogP contribution < -0.4 is 14.9 Å². The van der Waals surface area contributed by atoms with Crippen molar-refractivity contribution in [2.24, 2.45) is 4.99 Å². The molecule has 1 heterocycles. The molecule has 3 aromatic rings. The molecule has 0 saturated heterocycles.